The van der Waals surface area contributed by atoms with E-state index in [1.807, 2.05) is 0 Å². The molecule has 0 aromatic carbocycles. The van der Waals surface area contributed by atoms with Gasteiger partial charge in [-0.15, -0.1) is 0 Å². The summed E-state index contributed by atoms with van der Waals surface area (Å²) in [6.07, 6.45) is -1.36. The Morgan fingerprint density at radius 3 is 2.36 bits per heavy atom. The Bertz CT molecular complexity index is 139. The van der Waals surface area contributed by atoms with Crippen LogP contribution in [0.2, 0.25) is 0 Å². The fourth-order valence-corrected chi connectivity index (χ4v) is 0.592. The molecule has 0 rings (SSSR count). The molecule has 0 fully saturated rings. The Morgan fingerprint density at radius 2 is 2.09 bits per heavy atom. The van der Waals surface area contributed by atoms with Gasteiger partial charge in [0.15, 0.2) is 6.10 Å². The molecule has 1 atom stereocenters. The zero-order valence-corrected chi connectivity index (χ0v) is 7.09. The first-order chi connectivity index (χ1) is 4.89. The molecule has 4 heteroatoms. The number of carbonyl (C=O) groups is 1. The van der Waals surface area contributed by atoms with Gasteiger partial charge in [0, 0.05) is 6.54 Å². The van der Waals surface area contributed by atoms with Crippen molar-refractivity contribution >= 4 is 5.91 Å². The van der Waals surface area contributed by atoms with Gasteiger partial charge in [-0.25, -0.2) is 0 Å². The van der Waals surface area contributed by atoms with E-state index in [0.717, 1.165) is 0 Å². The predicted octanol–water partition coefficient (Wildman–Crippen LogP) is -0.746. The molecule has 0 aliphatic carbocycles. The molecule has 0 radical (unpaired) electrons. The Hall–Kier alpha value is -0.610. The van der Waals surface area contributed by atoms with Crippen molar-refractivity contribution < 1.29 is 15.0 Å². The quantitative estimate of drug-likeness (QED) is 0.510. The summed E-state index contributed by atoms with van der Waals surface area (Å²) < 4.78 is 0. The molecule has 0 heterocycles. The highest BCUT2D eigenvalue weighted by molar-refractivity contribution is 5.81. The van der Waals surface area contributed by atoms with E-state index in [2.05, 4.69) is 5.32 Å². The average molecular weight is 161 g/mol. The Balaban J connectivity index is 4.03. The number of hydrogen-bond donors (Lipinski definition) is 3. The number of carbonyl (C=O) groups excluding carboxylic acids is 1. The first kappa shape index (κ1) is 10.4. The molecule has 3 N–H and O–H groups in total. The van der Waals surface area contributed by atoms with Gasteiger partial charge in [0.05, 0.1) is 5.60 Å². The van der Waals surface area contributed by atoms with E-state index in [4.69, 9.17) is 5.11 Å². The minimum absolute atomic E-state index is 0.450. The molecule has 1 unspecified atom stereocenters. The van der Waals surface area contributed by atoms with E-state index >= 15 is 0 Å². The summed E-state index contributed by atoms with van der Waals surface area (Å²) in [5, 5.41) is 20.7. The first-order valence-electron chi connectivity index (χ1n) is 3.57. The maximum Gasteiger partial charge on any atom is 0.251 e. The second-order valence-electron chi connectivity index (χ2n) is 2.95. The first-order valence-corrected chi connectivity index (χ1v) is 3.57. The molecule has 0 bridgehead atoms. The van der Waals surface area contributed by atoms with Crippen LogP contribution in [0.25, 0.3) is 0 Å². The molecule has 0 aliphatic heterocycles. The highest BCUT2D eigenvalue weighted by Crippen LogP contribution is 2.07. The van der Waals surface area contributed by atoms with Crippen molar-refractivity contribution in [3.8, 4) is 0 Å². The van der Waals surface area contributed by atoms with Crippen LogP contribution >= 0.6 is 0 Å². The molecule has 66 valence electrons. The van der Waals surface area contributed by atoms with E-state index in [1.54, 1.807) is 6.92 Å². The van der Waals surface area contributed by atoms with Crippen molar-refractivity contribution in [1.82, 2.24) is 5.32 Å². The van der Waals surface area contributed by atoms with Gasteiger partial charge in [-0.3, -0.25) is 4.79 Å². The second kappa shape index (κ2) is 3.69. The van der Waals surface area contributed by atoms with E-state index in [1.165, 1.54) is 13.8 Å². The van der Waals surface area contributed by atoms with Crippen molar-refractivity contribution in [2.75, 3.05) is 6.54 Å². The molecule has 0 aliphatic rings. The number of aliphatic hydroxyl groups is 2. The van der Waals surface area contributed by atoms with Crippen LogP contribution in [-0.2, 0) is 4.79 Å². The Kier molecular flexibility index (Phi) is 3.48. The third-order valence-electron chi connectivity index (χ3n) is 1.27. The van der Waals surface area contributed by atoms with Crippen LogP contribution in [-0.4, -0.2) is 34.4 Å². The highest BCUT2D eigenvalue weighted by atomic mass is 16.3. The molecule has 11 heavy (non-hydrogen) atoms. The van der Waals surface area contributed by atoms with E-state index < -0.39 is 17.6 Å². The summed E-state index contributed by atoms with van der Waals surface area (Å²) in [4.78, 5) is 10.9. The number of aliphatic hydroxyl groups excluding tert-OH is 1. The van der Waals surface area contributed by atoms with E-state index in [-0.39, 0.29) is 0 Å². The zero-order chi connectivity index (χ0) is 9.07. The second-order valence-corrected chi connectivity index (χ2v) is 2.95. The number of rotatable bonds is 3. The lowest BCUT2D eigenvalue weighted by Crippen LogP contribution is -2.47. The van der Waals surface area contributed by atoms with Gasteiger partial charge >= 0.3 is 0 Å². The molecule has 0 aromatic heterocycles. The van der Waals surface area contributed by atoms with Gasteiger partial charge in [-0.1, -0.05) is 0 Å². The Morgan fingerprint density at radius 1 is 1.64 bits per heavy atom. The normalized spacial score (nSPS) is 14.3. The van der Waals surface area contributed by atoms with Crippen LogP contribution in [0.15, 0.2) is 0 Å². The van der Waals surface area contributed by atoms with Gasteiger partial charge in [0.25, 0.3) is 5.91 Å². The van der Waals surface area contributed by atoms with Gasteiger partial charge in [-0.2, -0.15) is 0 Å². The van der Waals surface area contributed by atoms with Crippen LogP contribution < -0.4 is 5.32 Å². The molecule has 1 amide bonds. The summed E-state index contributed by atoms with van der Waals surface area (Å²) in [7, 11) is 0. The molecule has 0 saturated carbocycles. The third kappa shape index (κ3) is 3.34. The summed E-state index contributed by atoms with van der Waals surface area (Å²) in [5.74, 6) is -0.542. The van der Waals surface area contributed by atoms with Gasteiger partial charge in [-0.05, 0) is 20.8 Å². The van der Waals surface area contributed by atoms with Crippen LogP contribution in [0, 0.1) is 0 Å². The fraction of sp³-hybridized carbons (Fsp3) is 0.857. The smallest absolute Gasteiger partial charge is 0.251 e. The van der Waals surface area contributed by atoms with Crippen molar-refractivity contribution in [3.05, 3.63) is 0 Å². The minimum atomic E-state index is -1.38. The van der Waals surface area contributed by atoms with Crippen LogP contribution in [0.3, 0.4) is 0 Å². The number of nitrogens with one attached hydrogen (secondary N) is 1. The maximum atomic E-state index is 10.9. The lowest BCUT2D eigenvalue weighted by molar-refractivity contribution is -0.141. The average Bonchev–Trinajstić information content (AvgIpc) is 1.85. The van der Waals surface area contributed by atoms with Crippen molar-refractivity contribution in [2.24, 2.45) is 0 Å². The lowest BCUT2D eigenvalue weighted by atomic mass is 10.0. The monoisotopic (exact) mass is 161 g/mol. The summed E-state index contributed by atoms with van der Waals surface area (Å²) >= 11 is 0. The van der Waals surface area contributed by atoms with Crippen molar-refractivity contribution in [2.45, 2.75) is 32.5 Å². The third-order valence-corrected chi connectivity index (χ3v) is 1.27. The van der Waals surface area contributed by atoms with Crippen LogP contribution in [0.4, 0.5) is 0 Å². The van der Waals surface area contributed by atoms with Gasteiger partial charge < -0.3 is 15.5 Å². The molecule has 0 spiro atoms. The van der Waals surface area contributed by atoms with Crippen LogP contribution in [0.5, 0.6) is 0 Å². The minimum Gasteiger partial charge on any atom is -0.387 e. The van der Waals surface area contributed by atoms with Crippen molar-refractivity contribution in [3.63, 3.8) is 0 Å². The predicted molar refractivity (Wildman–Crippen MR) is 41.0 cm³/mol. The maximum absolute atomic E-state index is 10.9. The SMILES string of the molecule is CCNC(=O)C(O)C(C)(C)O. The molecular formula is C7H15NO3. The number of hydrogen-bond acceptors (Lipinski definition) is 3. The van der Waals surface area contributed by atoms with Crippen LogP contribution in [0.1, 0.15) is 20.8 Å². The molecular weight excluding hydrogens is 146 g/mol. The van der Waals surface area contributed by atoms with Gasteiger partial charge in [0.1, 0.15) is 0 Å². The topological polar surface area (TPSA) is 69.6 Å². The molecule has 0 saturated heterocycles. The number of amides is 1. The zero-order valence-electron chi connectivity index (χ0n) is 7.09. The largest absolute Gasteiger partial charge is 0.387 e. The summed E-state index contributed by atoms with van der Waals surface area (Å²) in [5.41, 5.74) is -1.38. The summed E-state index contributed by atoms with van der Waals surface area (Å²) in [6, 6.07) is 0. The lowest BCUT2D eigenvalue weighted by Gasteiger charge is -2.22. The van der Waals surface area contributed by atoms with E-state index in [9.17, 15) is 9.90 Å². The fourth-order valence-electron chi connectivity index (χ4n) is 0.592. The standard InChI is InChI=1S/C7H15NO3/c1-4-8-6(10)5(9)7(2,3)11/h5,9,11H,4H2,1-3H3,(H,8,10). The Labute approximate surface area is 66.2 Å². The van der Waals surface area contributed by atoms with E-state index in [0.29, 0.717) is 6.54 Å². The van der Waals surface area contributed by atoms with Crippen molar-refractivity contribution in [1.29, 1.82) is 0 Å². The number of likely N-dealkylation sites (N-methyl/N-ethyl adjacent to an activating group) is 1. The summed E-state index contributed by atoms with van der Waals surface area (Å²) in [6.45, 7) is 4.96. The molecule has 0 aromatic rings. The molecule has 4 nitrogen and oxygen atoms in total. The highest BCUT2D eigenvalue weighted by Gasteiger charge is 2.30. The van der Waals surface area contributed by atoms with Gasteiger partial charge in [0.2, 0.25) is 0 Å².